The lowest BCUT2D eigenvalue weighted by Crippen LogP contribution is -2.45. The standard InChI is InChI=1S/C28H26N4O4/c1-18-24(27-30-26(31-36-27)19-10-5-4-6-11-19)25(20-13-9-14-22(16-20)34-2)29-28(33)32(18)17-21-12-7-8-15-23(21)35-3/h4-16,25H,17H2,1-3H3,(H,29,33). The summed E-state index contributed by atoms with van der Waals surface area (Å²) in [7, 11) is 3.23. The number of carbonyl (C=O) groups excluding carboxylic acids is 1. The van der Waals surface area contributed by atoms with E-state index in [1.165, 1.54) is 0 Å². The van der Waals surface area contributed by atoms with E-state index in [0.29, 0.717) is 41.0 Å². The van der Waals surface area contributed by atoms with Crippen LogP contribution in [0.1, 0.15) is 30.0 Å². The Bertz CT molecular complexity index is 1410. The van der Waals surface area contributed by atoms with Gasteiger partial charge in [-0.25, -0.2) is 4.79 Å². The molecule has 8 heteroatoms. The molecule has 1 aliphatic rings. The van der Waals surface area contributed by atoms with E-state index >= 15 is 0 Å². The van der Waals surface area contributed by atoms with E-state index in [0.717, 1.165) is 16.7 Å². The molecular formula is C28H26N4O4. The van der Waals surface area contributed by atoms with Crippen molar-refractivity contribution in [2.24, 2.45) is 0 Å². The van der Waals surface area contributed by atoms with Crippen LogP contribution in [0, 0.1) is 0 Å². The number of para-hydroxylation sites is 1. The summed E-state index contributed by atoms with van der Waals surface area (Å²) in [5.41, 5.74) is 3.99. The molecule has 3 aromatic carbocycles. The predicted octanol–water partition coefficient (Wildman–Crippen LogP) is 5.45. The van der Waals surface area contributed by atoms with Gasteiger partial charge in [-0.3, -0.25) is 4.90 Å². The van der Waals surface area contributed by atoms with Gasteiger partial charge in [-0.1, -0.05) is 65.8 Å². The van der Waals surface area contributed by atoms with Crippen molar-refractivity contribution in [1.82, 2.24) is 20.4 Å². The number of methoxy groups -OCH3 is 2. The van der Waals surface area contributed by atoms with Crippen molar-refractivity contribution >= 4 is 11.6 Å². The summed E-state index contributed by atoms with van der Waals surface area (Å²) in [6.07, 6.45) is 0. The molecule has 8 nitrogen and oxygen atoms in total. The summed E-state index contributed by atoms with van der Waals surface area (Å²) in [6.45, 7) is 2.21. The van der Waals surface area contributed by atoms with Crippen LogP contribution in [0.3, 0.4) is 0 Å². The normalized spacial score (nSPS) is 15.6. The SMILES string of the molecule is COc1cccc(C2NC(=O)N(Cc3ccccc3OC)C(C)=C2c2nc(-c3ccccc3)no2)c1. The molecule has 1 atom stereocenters. The summed E-state index contributed by atoms with van der Waals surface area (Å²) in [5.74, 6) is 2.21. The second-order valence-electron chi connectivity index (χ2n) is 8.35. The van der Waals surface area contributed by atoms with Gasteiger partial charge < -0.3 is 19.3 Å². The number of allylic oxidation sites excluding steroid dienone is 1. The van der Waals surface area contributed by atoms with Crippen LogP contribution >= 0.6 is 0 Å². The highest BCUT2D eigenvalue weighted by atomic mass is 16.5. The minimum atomic E-state index is -0.509. The van der Waals surface area contributed by atoms with Crippen LogP contribution in [0.4, 0.5) is 4.79 Å². The van der Waals surface area contributed by atoms with E-state index in [1.54, 1.807) is 19.1 Å². The average Bonchev–Trinajstić information content (AvgIpc) is 3.41. The van der Waals surface area contributed by atoms with Gasteiger partial charge in [-0.2, -0.15) is 4.98 Å². The molecule has 0 spiro atoms. The van der Waals surface area contributed by atoms with E-state index in [4.69, 9.17) is 19.0 Å². The van der Waals surface area contributed by atoms with Crippen molar-refractivity contribution in [3.63, 3.8) is 0 Å². The van der Waals surface area contributed by atoms with Crippen molar-refractivity contribution in [1.29, 1.82) is 0 Å². The number of nitrogens with zero attached hydrogens (tertiary/aromatic N) is 3. The summed E-state index contributed by atoms with van der Waals surface area (Å²) < 4.78 is 16.7. The van der Waals surface area contributed by atoms with E-state index in [-0.39, 0.29) is 6.03 Å². The molecule has 5 rings (SSSR count). The van der Waals surface area contributed by atoms with Gasteiger partial charge in [-0.15, -0.1) is 0 Å². The highest BCUT2D eigenvalue weighted by molar-refractivity contribution is 5.87. The molecule has 182 valence electrons. The third-order valence-electron chi connectivity index (χ3n) is 6.23. The second kappa shape index (κ2) is 9.95. The Balaban J connectivity index is 1.61. The van der Waals surface area contributed by atoms with Gasteiger partial charge in [0.25, 0.3) is 5.89 Å². The number of rotatable bonds is 7. The molecule has 36 heavy (non-hydrogen) atoms. The van der Waals surface area contributed by atoms with Crippen molar-refractivity contribution < 1.29 is 18.8 Å². The molecule has 0 bridgehead atoms. The maximum atomic E-state index is 13.4. The van der Waals surface area contributed by atoms with E-state index in [9.17, 15) is 4.79 Å². The van der Waals surface area contributed by atoms with Gasteiger partial charge in [0.05, 0.1) is 32.4 Å². The number of urea groups is 1. The summed E-state index contributed by atoms with van der Waals surface area (Å²) in [4.78, 5) is 19.8. The summed E-state index contributed by atoms with van der Waals surface area (Å²) in [5, 5.41) is 7.34. The molecule has 1 aliphatic heterocycles. The Morgan fingerprint density at radius 1 is 0.972 bits per heavy atom. The minimum Gasteiger partial charge on any atom is -0.497 e. The fourth-order valence-corrected chi connectivity index (χ4v) is 4.36. The van der Waals surface area contributed by atoms with Gasteiger partial charge in [0.15, 0.2) is 0 Å². The second-order valence-corrected chi connectivity index (χ2v) is 8.35. The van der Waals surface area contributed by atoms with Gasteiger partial charge >= 0.3 is 6.03 Å². The Morgan fingerprint density at radius 3 is 2.53 bits per heavy atom. The first-order chi connectivity index (χ1) is 17.6. The van der Waals surface area contributed by atoms with Gasteiger partial charge in [-0.05, 0) is 30.7 Å². The van der Waals surface area contributed by atoms with Crippen LogP contribution in [0.25, 0.3) is 17.0 Å². The molecule has 0 aliphatic carbocycles. The van der Waals surface area contributed by atoms with Gasteiger partial charge in [0.1, 0.15) is 11.5 Å². The third kappa shape index (κ3) is 4.40. The first-order valence-electron chi connectivity index (χ1n) is 11.5. The van der Waals surface area contributed by atoms with Crippen LogP contribution in [-0.2, 0) is 6.54 Å². The van der Waals surface area contributed by atoms with Crippen LogP contribution in [0.15, 0.2) is 89.1 Å². The first kappa shape index (κ1) is 23.2. The van der Waals surface area contributed by atoms with Crippen LogP contribution < -0.4 is 14.8 Å². The molecule has 2 heterocycles. The number of carbonyl (C=O) groups is 1. The molecular weight excluding hydrogens is 456 g/mol. The van der Waals surface area contributed by atoms with Crippen LogP contribution in [-0.4, -0.2) is 35.3 Å². The lowest BCUT2D eigenvalue weighted by Gasteiger charge is -2.35. The van der Waals surface area contributed by atoms with Crippen LogP contribution in [0.5, 0.6) is 11.5 Å². The largest absolute Gasteiger partial charge is 0.497 e. The van der Waals surface area contributed by atoms with Crippen molar-refractivity contribution in [3.8, 4) is 22.9 Å². The number of ether oxygens (including phenoxy) is 2. The Kier molecular flexibility index (Phi) is 6.40. The highest BCUT2D eigenvalue weighted by Crippen LogP contribution is 2.39. The molecule has 0 radical (unpaired) electrons. The van der Waals surface area contributed by atoms with Crippen LogP contribution in [0.2, 0.25) is 0 Å². The molecule has 0 saturated heterocycles. The Morgan fingerprint density at radius 2 is 1.75 bits per heavy atom. The topological polar surface area (TPSA) is 89.7 Å². The van der Waals surface area contributed by atoms with E-state index in [2.05, 4.69) is 10.5 Å². The quantitative estimate of drug-likeness (QED) is 0.377. The zero-order valence-electron chi connectivity index (χ0n) is 20.3. The zero-order valence-corrected chi connectivity index (χ0v) is 20.3. The molecule has 1 aromatic heterocycles. The molecule has 0 fully saturated rings. The van der Waals surface area contributed by atoms with Crippen molar-refractivity contribution in [2.75, 3.05) is 14.2 Å². The first-order valence-corrected chi connectivity index (χ1v) is 11.5. The fourth-order valence-electron chi connectivity index (χ4n) is 4.36. The number of aromatic nitrogens is 2. The number of hydrogen-bond acceptors (Lipinski definition) is 6. The third-order valence-corrected chi connectivity index (χ3v) is 6.23. The fraction of sp³-hybridized carbons (Fsp3) is 0.179. The number of benzene rings is 3. The molecule has 4 aromatic rings. The number of hydrogen-bond donors (Lipinski definition) is 1. The summed E-state index contributed by atoms with van der Waals surface area (Å²) >= 11 is 0. The van der Waals surface area contributed by atoms with E-state index < -0.39 is 6.04 Å². The van der Waals surface area contributed by atoms with Gasteiger partial charge in [0.2, 0.25) is 5.82 Å². The lowest BCUT2D eigenvalue weighted by atomic mass is 9.94. The Labute approximate surface area is 209 Å². The maximum absolute atomic E-state index is 13.4. The molecule has 0 saturated carbocycles. The van der Waals surface area contributed by atoms with Gasteiger partial charge in [0, 0.05) is 16.8 Å². The monoisotopic (exact) mass is 482 g/mol. The molecule has 2 amide bonds. The molecule has 1 N–H and O–H groups in total. The zero-order chi connectivity index (χ0) is 25.1. The minimum absolute atomic E-state index is 0.238. The average molecular weight is 483 g/mol. The maximum Gasteiger partial charge on any atom is 0.322 e. The molecule has 1 unspecified atom stereocenters. The van der Waals surface area contributed by atoms with Crippen molar-refractivity contribution in [2.45, 2.75) is 19.5 Å². The highest BCUT2D eigenvalue weighted by Gasteiger charge is 2.36. The smallest absolute Gasteiger partial charge is 0.322 e. The lowest BCUT2D eigenvalue weighted by molar-refractivity contribution is 0.202. The summed E-state index contributed by atoms with van der Waals surface area (Å²) in [6, 6.07) is 24.1. The van der Waals surface area contributed by atoms with Crippen molar-refractivity contribution in [3.05, 3.63) is 102 Å². The van der Waals surface area contributed by atoms with E-state index in [1.807, 2.05) is 85.8 Å². The number of nitrogens with one attached hydrogen (secondary N) is 1. The Hall–Kier alpha value is -4.59. The predicted molar refractivity (Wildman–Crippen MR) is 135 cm³/mol. The number of amides is 2.